The van der Waals surface area contributed by atoms with Crippen LogP contribution in [0.1, 0.15) is 25.8 Å². The van der Waals surface area contributed by atoms with E-state index in [1.54, 1.807) is 0 Å². The zero-order valence-corrected chi connectivity index (χ0v) is 10.8. The number of anilines is 1. The lowest BCUT2D eigenvalue weighted by atomic mass is 10.1. The van der Waals surface area contributed by atoms with Gasteiger partial charge in [0.25, 0.3) is 0 Å². The van der Waals surface area contributed by atoms with Crippen molar-refractivity contribution in [1.82, 2.24) is 5.32 Å². The molecule has 1 rings (SSSR count). The summed E-state index contributed by atoms with van der Waals surface area (Å²) in [6, 6.07) is 4.04. The highest BCUT2D eigenvalue weighted by molar-refractivity contribution is 5.89. The molecule has 6 heteroatoms. The maximum absolute atomic E-state index is 12.5. The molecule has 0 fully saturated rings. The largest absolute Gasteiger partial charge is 0.416 e. The molecule has 0 heterocycles. The van der Waals surface area contributed by atoms with E-state index in [2.05, 4.69) is 10.6 Å². The average Bonchev–Trinajstić information content (AvgIpc) is 2.27. The van der Waals surface area contributed by atoms with Crippen molar-refractivity contribution in [2.75, 3.05) is 11.9 Å². The highest BCUT2D eigenvalue weighted by Gasteiger charge is 2.30. The van der Waals surface area contributed by atoms with Crippen LogP contribution in [0, 0.1) is 5.92 Å². The van der Waals surface area contributed by atoms with Crippen molar-refractivity contribution >= 4 is 11.7 Å². The van der Waals surface area contributed by atoms with E-state index in [-0.39, 0.29) is 5.69 Å². The number of carbonyl (C=O) groups is 1. The van der Waals surface area contributed by atoms with Gasteiger partial charge in [0, 0.05) is 12.2 Å². The van der Waals surface area contributed by atoms with E-state index in [9.17, 15) is 18.0 Å². The highest BCUT2D eigenvalue weighted by atomic mass is 19.4. The van der Waals surface area contributed by atoms with E-state index >= 15 is 0 Å². The van der Waals surface area contributed by atoms with Crippen molar-refractivity contribution < 1.29 is 18.0 Å². The number of nitrogens with one attached hydrogen (secondary N) is 2. The van der Waals surface area contributed by atoms with Gasteiger partial charge >= 0.3 is 12.2 Å². The number of halogens is 3. The van der Waals surface area contributed by atoms with Crippen LogP contribution in [-0.4, -0.2) is 12.6 Å². The molecule has 106 valence electrons. The van der Waals surface area contributed by atoms with E-state index in [4.69, 9.17) is 0 Å². The number of urea groups is 1. The first-order valence-electron chi connectivity index (χ1n) is 6.01. The summed E-state index contributed by atoms with van der Waals surface area (Å²) in [6.07, 6.45) is -3.60. The maximum atomic E-state index is 12.5. The van der Waals surface area contributed by atoms with Crippen molar-refractivity contribution in [3.63, 3.8) is 0 Å². The molecule has 0 bridgehead atoms. The Hall–Kier alpha value is -1.72. The van der Waals surface area contributed by atoms with Crippen molar-refractivity contribution in [2.24, 2.45) is 5.92 Å². The number of hydrogen-bond acceptors (Lipinski definition) is 1. The third-order valence-electron chi connectivity index (χ3n) is 2.46. The number of amides is 2. The Morgan fingerprint density at radius 1 is 1.32 bits per heavy atom. The molecule has 2 N–H and O–H groups in total. The number of hydrogen-bond donors (Lipinski definition) is 2. The van der Waals surface area contributed by atoms with Crippen LogP contribution in [0.4, 0.5) is 23.7 Å². The fourth-order valence-electron chi connectivity index (χ4n) is 1.42. The zero-order chi connectivity index (χ0) is 14.5. The lowest BCUT2D eigenvalue weighted by molar-refractivity contribution is -0.137. The molecule has 0 unspecified atom stereocenters. The van der Waals surface area contributed by atoms with Gasteiger partial charge in [-0.15, -0.1) is 0 Å². The Kier molecular flexibility index (Phi) is 5.20. The average molecular weight is 274 g/mol. The normalized spacial score (nSPS) is 11.5. The molecule has 3 nitrogen and oxygen atoms in total. The van der Waals surface area contributed by atoms with Gasteiger partial charge in [-0.3, -0.25) is 0 Å². The Bertz CT molecular complexity index is 430. The first kappa shape index (κ1) is 15.3. The molecule has 1 aromatic rings. The molecule has 19 heavy (non-hydrogen) atoms. The van der Waals surface area contributed by atoms with Crippen LogP contribution >= 0.6 is 0 Å². The van der Waals surface area contributed by atoms with Gasteiger partial charge < -0.3 is 10.6 Å². The smallest absolute Gasteiger partial charge is 0.338 e. The summed E-state index contributed by atoms with van der Waals surface area (Å²) in [5.41, 5.74) is -0.663. The van der Waals surface area contributed by atoms with Crippen LogP contribution in [0.5, 0.6) is 0 Å². The molecule has 1 aromatic carbocycles. The van der Waals surface area contributed by atoms with Crippen LogP contribution in [0.3, 0.4) is 0 Å². The molecule has 0 atom stereocenters. The van der Waals surface area contributed by atoms with E-state index in [1.165, 1.54) is 12.1 Å². The SMILES string of the molecule is CC(C)CCNC(=O)Nc1cccc(C(F)(F)F)c1. The minimum atomic E-state index is -4.41. The van der Waals surface area contributed by atoms with Gasteiger partial charge in [-0.2, -0.15) is 13.2 Å². The van der Waals surface area contributed by atoms with Gasteiger partial charge in [0.05, 0.1) is 5.56 Å². The number of rotatable bonds is 4. The Balaban J connectivity index is 2.55. The van der Waals surface area contributed by atoms with Crippen molar-refractivity contribution in [3.8, 4) is 0 Å². The minimum Gasteiger partial charge on any atom is -0.338 e. The molecule has 2 amide bonds. The van der Waals surface area contributed by atoms with Crippen LogP contribution in [0.25, 0.3) is 0 Å². The summed E-state index contributed by atoms with van der Waals surface area (Å²) in [5, 5.41) is 4.97. The van der Waals surface area contributed by atoms with E-state index in [1.807, 2.05) is 13.8 Å². The summed E-state index contributed by atoms with van der Waals surface area (Å²) in [6.45, 7) is 4.53. The monoisotopic (exact) mass is 274 g/mol. The van der Waals surface area contributed by atoms with Gasteiger partial charge in [0.15, 0.2) is 0 Å². The predicted molar refractivity (Wildman–Crippen MR) is 67.9 cm³/mol. The second-order valence-electron chi connectivity index (χ2n) is 4.64. The third-order valence-corrected chi connectivity index (χ3v) is 2.46. The summed E-state index contributed by atoms with van der Waals surface area (Å²) < 4.78 is 37.4. The first-order valence-corrected chi connectivity index (χ1v) is 6.01. The van der Waals surface area contributed by atoms with Gasteiger partial charge in [0.2, 0.25) is 0 Å². The quantitative estimate of drug-likeness (QED) is 0.859. The lowest BCUT2D eigenvalue weighted by Gasteiger charge is -2.11. The Morgan fingerprint density at radius 2 is 2.00 bits per heavy atom. The second kappa shape index (κ2) is 6.45. The highest BCUT2D eigenvalue weighted by Crippen LogP contribution is 2.30. The molecule has 0 aromatic heterocycles. The third kappa shape index (κ3) is 5.63. The van der Waals surface area contributed by atoms with Gasteiger partial charge in [0.1, 0.15) is 0 Å². The Morgan fingerprint density at radius 3 is 2.58 bits per heavy atom. The second-order valence-corrected chi connectivity index (χ2v) is 4.64. The predicted octanol–water partition coefficient (Wildman–Crippen LogP) is 3.87. The van der Waals surface area contributed by atoms with Crippen molar-refractivity contribution in [2.45, 2.75) is 26.4 Å². The molecule has 0 spiro atoms. The fourth-order valence-corrected chi connectivity index (χ4v) is 1.42. The van der Waals surface area contributed by atoms with E-state index in [0.717, 1.165) is 18.6 Å². The van der Waals surface area contributed by atoms with Crippen LogP contribution in [0.2, 0.25) is 0 Å². The molecule has 0 radical (unpaired) electrons. The molecular formula is C13H17F3N2O. The number of alkyl halides is 3. The van der Waals surface area contributed by atoms with Gasteiger partial charge in [-0.25, -0.2) is 4.79 Å². The van der Waals surface area contributed by atoms with Gasteiger partial charge in [-0.1, -0.05) is 19.9 Å². The topological polar surface area (TPSA) is 41.1 Å². The van der Waals surface area contributed by atoms with Crippen molar-refractivity contribution in [3.05, 3.63) is 29.8 Å². The Labute approximate surface area is 110 Å². The number of benzene rings is 1. The minimum absolute atomic E-state index is 0.122. The van der Waals surface area contributed by atoms with Crippen LogP contribution < -0.4 is 10.6 Å². The molecule has 0 aliphatic rings. The van der Waals surface area contributed by atoms with Gasteiger partial charge in [-0.05, 0) is 30.5 Å². The zero-order valence-electron chi connectivity index (χ0n) is 10.8. The molecule has 0 aliphatic carbocycles. The summed E-state index contributed by atoms with van der Waals surface area (Å²) in [7, 11) is 0. The number of carbonyl (C=O) groups excluding carboxylic acids is 1. The molecule has 0 aliphatic heterocycles. The van der Waals surface area contributed by atoms with E-state index < -0.39 is 17.8 Å². The van der Waals surface area contributed by atoms with Crippen LogP contribution in [0.15, 0.2) is 24.3 Å². The standard InChI is InChI=1S/C13H17F3N2O/c1-9(2)6-7-17-12(19)18-11-5-3-4-10(8-11)13(14,15)16/h3-5,8-9H,6-7H2,1-2H3,(H2,17,18,19). The first-order chi connectivity index (χ1) is 8.79. The summed E-state index contributed by atoms with van der Waals surface area (Å²) >= 11 is 0. The van der Waals surface area contributed by atoms with E-state index in [0.29, 0.717) is 12.5 Å². The maximum Gasteiger partial charge on any atom is 0.416 e. The molecular weight excluding hydrogens is 257 g/mol. The molecule has 0 saturated carbocycles. The van der Waals surface area contributed by atoms with Crippen molar-refractivity contribution in [1.29, 1.82) is 0 Å². The van der Waals surface area contributed by atoms with Crippen LogP contribution in [-0.2, 0) is 6.18 Å². The summed E-state index contributed by atoms with van der Waals surface area (Å²) in [4.78, 5) is 11.5. The fraction of sp³-hybridized carbons (Fsp3) is 0.462. The lowest BCUT2D eigenvalue weighted by Crippen LogP contribution is -2.30. The molecule has 0 saturated heterocycles. The summed E-state index contributed by atoms with van der Waals surface area (Å²) in [5.74, 6) is 0.453.